The Kier molecular flexibility index (Phi) is 5.51. The molecule has 0 saturated carbocycles. The smallest absolute Gasteiger partial charge is 0.273 e. The monoisotopic (exact) mass is 320 g/mol. The second kappa shape index (κ2) is 7.38. The lowest BCUT2D eigenvalue weighted by Gasteiger charge is -2.23. The van der Waals surface area contributed by atoms with Crippen molar-refractivity contribution in [3.63, 3.8) is 0 Å². The minimum atomic E-state index is -0.0967. The first-order valence-corrected chi connectivity index (χ1v) is 7.80. The van der Waals surface area contributed by atoms with Crippen molar-refractivity contribution in [3.8, 4) is 16.3 Å². The van der Waals surface area contributed by atoms with E-state index < -0.39 is 0 Å². The zero-order valence-corrected chi connectivity index (χ0v) is 14.0. The third kappa shape index (κ3) is 3.64. The predicted octanol–water partition coefficient (Wildman–Crippen LogP) is 2.93. The number of rotatable bonds is 6. The van der Waals surface area contributed by atoms with Gasteiger partial charge in [-0.1, -0.05) is 0 Å². The van der Waals surface area contributed by atoms with Crippen LogP contribution >= 0.6 is 11.3 Å². The van der Waals surface area contributed by atoms with Crippen LogP contribution in [-0.4, -0.2) is 49.7 Å². The van der Waals surface area contributed by atoms with E-state index in [-0.39, 0.29) is 11.9 Å². The molecule has 0 bridgehead atoms. The van der Waals surface area contributed by atoms with Gasteiger partial charge in [0.1, 0.15) is 16.5 Å². The number of thiazole rings is 1. The maximum Gasteiger partial charge on any atom is 0.273 e. The highest BCUT2D eigenvalue weighted by Gasteiger charge is 2.20. The normalized spacial score (nSPS) is 12.0. The van der Waals surface area contributed by atoms with Gasteiger partial charge in [0.2, 0.25) is 0 Å². The number of nitrogens with zero attached hydrogens (tertiary/aromatic N) is 2. The van der Waals surface area contributed by atoms with E-state index in [4.69, 9.17) is 9.47 Å². The minimum Gasteiger partial charge on any atom is -0.497 e. The van der Waals surface area contributed by atoms with Crippen LogP contribution in [0.3, 0.4) is 0 Å². The van der Waals surface area contributed by atoms with Crippen LogP contribution in [0.1, 0.15) is 17.4 Å². The lowest BCUT2D eigenvalue weighted by Crippen LogP contribution is -2.37. The summed E-state index contributed by atoms with van der Waals surface area (Å²) in [6.07, 6.45) is 0. The van der Waals surface area contributed by atoms with Crippen LogP contribution in [0.5, 0.6) is 5.75 Å². The van der Waals surface area contributed by atoms with E-state index in [2.05, 4.69) is 4.98 Å². The van der Waals surface area contributed by atoms with Gasteiger partial charge in [-0.2, -0.15) is 0 Å². The number of hydrogen-bond acceptors (Lipinski definition) is 5. The Bertz CT molecular complexity index is 625. The SMILES string of the molecule is COCC(C)N(C)C(=O)c1csc(-c2ccc(OC)cc2)n1. The van der Waals surface area contributed by atoms with Gasteiger partial charge in [-0.25, -0.2) is 4.98 Å². The van der Waals surface area contributed by atoms with E-state index in [1.54, 1.807) is 31.5 Å². The molecule has 0 radical (unpaired) electrons. The Hall–Kier alpha value is -1.92. The minimum absolute atomic E-state index is 0.00337. The molecule has 6 heteroatoms. The van der Waals surface area contributed by atoms with Crippen molar-refractivity contribution in [2.45, 2.75) is 13.0 Å². The van der Waals surface area contributed by atoms with Gasteiger partial charge in [0, 0.05) is 25.1 Å². The number of ether oxygens (including phenoxy) is 2. The molecule has 22 heavy (non-hydrogen) atoms. The number of benzene rings is 1. The highest BCUT2D eigenvalue weighted by molar-refractivity contribution is 7.13. The summed E-state index contributed by atoms with van der Waals surface area (Å²) in [4.78, 5) is 18.5. The van der Waals surface area contributed by atoms with Gasteiger partial charge in [-0.15, -0.1) is 11.3 Å². The van der Waals surface area contributed by atoms with E-state index >= 15 is 0 Å². The maximum absolute atomic E-state index is 12.4. The van der Waals surface area contributed by atoms with Gasteiger partial charge in [0.15, 0.2) is 0 Å². The largest absolute Gasteiger partial charge is 0.497 e. The molecule has 1 heterocycles. The Morgan fingerprint density at radius 2 is 2.00 bits per heavy atom. The van der Waals surface area contributed by atoms with Crippen molar-refractivity contribution >= 4 is 17.2 Å². The summed E-state index contributed by atoms with van der Waals surface area (Å²) in [5, 5.41) is 2.61. The molecule has 118 valence electrons. The summed E-state index contributed by atoms with van der Waals surface area (Å²) < 4.78 is 10.2. The highest BCUT2D eigenvalue weighted by atomic mass is 32.1. The first-order chi connectivity index (χ1) is 10.6. The van der Waals surface area contributed by atoms with E-state index in [1.807, 2.05) is 31.2 Å². The Morgan fingerprint density at radius 1 is 1.32 bits per heavy atom. The molecule has 1 aromatic heterocycles. The van der Waals surface area contributed by atoms with E-state index in [0.717, 1.165) is 16.3 Å². The van der Waals surface area contributed by atoms with Crippen LogP contribution in [0.4, 0.5) is 0 Å². The predicted molar refractivity (Wildman–Crippen MR) is 87.5 cm³/mol. The summed E-state index contributed by atoms with van der Waals surface area (Å²) >= 11 is 1.46. The molecule has 5 nitrogen and oxygen atoms in total. The van der Waals surface area contributed by atoms with E-state index in [1.165, 1.54) is 11.3 Å². The number of likely N-dealkylation sites (N-methyl/N-ethyl adjacent to an activating group) is 1. The lowest BCUT2D eigenvalue weighted by atomic mass is 10.2. The number of hydrogen-bond donors (Lipinski definition) is 0. The fourth-order valence-corrected chi connectivity index (χ4v) is 2.77. The molecule has 2 rings (SSSR count). The van der Waals surface area contributed by atoms with Crippen molar-refractivity contribution < 1.29 is 14.3 Å². The number of methoxy groups -OCH3 is 2. The van der Waals surface area contributed by atoms with E-state index in [9.17, 15) is 4.79 Å². The molecular formula is C16H20N2O3S. The summed E-state index contributed by atoms with van der Waals surface area (Å²) in [6.45, 7) is 2.44. The van der Waals surface area contributed by atoms with Gasteiger partial charge in [-0.3, -0.25) is 4.79 Å². The highest BCUT2D eigenvalue weighted by Crippen LogP contribution is 2.26. The number of amides is 1. The molecule has 0 fully saturated rings. The van der Waals surface area contributed by atoms with Crippen molar-refractivity contribution in [3.05, 3.63) is 35.3 Å². The number of carbonyl (C=O) groups excluding carboxylic acids is 1. The zero-order valence-electron chi connectivity index (χ0n) is 13.2. The molecule has 0 aliphatic carbocycles. The topological polar surface area (TPSA) is 51.7 Å². The van der Waals surface area contributed by atoms with Crippen LogP contribution in [0, 0.1) is 0 Å². The Labute approximate surface area is 134 Å². The Balaban J connectivity index is 2.14. The summed E-state index contributed by atoms with van der Waals surface area (Å²) in [5.41, 5.74) is 1.43. The fourth-order valence-electron chi connectivity index (χ4n) is 1.97. The first kappa shape index (κ1) is 16.5. The second-order valence-corrected chi connectivity index (χ2v) is 5.84. The summed E-state index contributed by atoms with van der Waals surface area (Å²) in [6, 6.07) is 7.63. The van der Waals surface area contributed by atoms with Gasteiger partial charge in [0.05, 0.1) is 19.8 Å². The molecule has 1 unspecified atom stereocenters. The number of carbonyl (C=O) groups is 1. The average Bonchev–Trinajstić information content (AvgIpc) is 3.03. The quantitative estimate of drug-likeness (QED) is 0.821. The van der Waals surface area contributed by atoms with Crippen LogP contribution < -0.4 is 4.74 Å². The standard InChI is InChI=1S/C16H20N2O3S/c1-11(9-20-3)18(2)16(19)14-10-22-15(17-14)12-5-7-13(21-4)8-6-12/h5-8,10-11H,9H2,1-4H3. The van der Waals surface area contributed by atoms with Crippen molar-refractivity contribution in [2.24, 2.45) is 0 Å². The molecule has 0 spiro atoms. The van der Waals surface area contributed by atoms with Crippen molar-refractivity contribution in [1.29, 1.82) is 0 Å². The summed E-state index contributed by atoms with van der Waals surface area (Å²) in [5.74, 6) is 0.699. The maximum atomic E-state index is 12.4. The van der Waals surface area contributed by atoms with Crippen LogP contribution in [0.25, 0.3) is 10.6 Å². The van der Waals surface area contributed by atoms with Crippen molar-refractivity contribution in [2.75, 3.05) is 27.9 Å². The third-order valence-electron chi connectivity index (χ3n) is 3.45. The molecule has 2 aromatic rings. The van der Waals surface area contributed by atoms with Crippen molar-refractivity contribution in [1.82, 2.24) is 9.88 Å². The van der Waals surface area contributed by atoms with Gasteiger partial charge in [0.25, 0.3) is 5.91 Å². The molecule has 1 amide bonds. The molecule has 0 N–H and O–H groups in total. The molecule has 0 aliphatic rings. The van der Waals surface area contributed by atoms with E-state index in [0.29, 0.717) is 12.3 Å². The fraction of sp³-hybridized carbons (Fsp3) is 0.375. The van der Waals surface area contributed by atoms with Gasteiger partial charge in [-0.05, 0) is 31.2 Å². The second-order valence-electron chi connectivity index (χ2n) is 4.99. The van der Waals surface area contributed by atoms with Crippen LogP contribution in [0.15, 0.2) is 29.6 Å². The number of aromatic nitrogens is 1. The molecule has 1 aromatic carbocycles. The summed E-state index contributed by atoms with van der Waals surface area (Å²) in [7, 11) is 5.02. The lowest BCUT2D eigenvalue weighted by molar-refractivity contribution is 0.0629. The zero-order chi connectivity index (χ0) is 16.1. The van der Waals surface area contributed by atoms with Crippen LogP contribution in [0.2, 0.25) is 0 Å². The average molecular weight is 320 g/mol. The molecule has 1 atom stereocenters. The van der Waals surface area contributed by atoms with Gasteiger partial charge < -0.3 is 14.4 Å². The molecule has 0 aliphatic heterocycles. The first-order valence-electron chi connectivity index (χ1n) is 6.93. The molecular weight excluding hydrogens is 300 g/mol. The van der Waals surface area contributed by atoms with Crippen LogP contribution in [-0.2, 0) is 4.74 Å². The Morgan fingerprint density at radius 3 is 2.59 bits per heavy atom. The van der Waals surface area contributed by atoms with Gasteiger partial charge >= 0.3 is 0 Å². The third-order valence-corrected chi connectivity index (χ3v) is 4.34. The molecule has 0 saturated heterocycles.